The fourth-order valence-corrected chi connectivity index (χ4v) is 2.64. The molecular weight excluding hydrogens is 210 g/mol. The Kier molecular flexibility index (Phi) is 2.94. The van der Waals surface area contributed by atoms with Crippen LogP contribution < -0.4 is 0 Å². The third-order valence-electron chi connectivity index (χ3n) is 3.66. The monoisotopic (exact) mass is 229 g/mol. The molecule has 92 valence electrons. The van der Waals surface area contributed by atoms with Crippen LogP contribution in [0.4, 0.5) is 0 Å². The van der Waals surface area contributed by atoms with Crippen molar-refractivity contribution in [2.75, 3.05) is 32.8 Å². The predicted octanol–water partition coefficient (Wildman–Crippen LogP) is -0.0656. The van der Waals surface area contributed by atoms with Gasteiger partial charge in [-0.05, 0) is 19.8 Å². The number of carbonyl (C=O) groups is 1. The van der Waals surface area contributed by atoms with E-state index in [9.17, 15) is 9.90 Å². The summed E-state index contributed by atoms with van der Waals surface area (Å²) in [5.41, 5.74) is -1.31. The lowest BCUT2D eigenvalue weighted by molar-refractivity contribution is -0.164. The standard InChI is InChI=1S/C11H19NO4/c1-10(15,9(13)14)6-12-7-11(8-12)2-4-16-5-3-11/h15H,2-8H2,1H3,(H,13,14). The average molecular weight is 229 g/mol. The van der Waals surface area contributed by atoms with E-state index >= 15 is 0 Å². The van der Waals surface area contributed by atoms with E-state index in [2.05, 4.69) is 0 Å². The Hall–Kier alpha value is -0.650. The zero-order valence-electron chi connectivity index (χ0n) is 9.61. The largest absolute Gasteiger partial charge is 0.479 e. The Balaban J connectivity index is 1.82. The number of hydrogen-bond donors (Lipinski definition) is 2. The summed E-state index contributed by atoms with van der Waals surface area (Å²) in [6.45, 7) is 4.96. The van der Waals surface area contributed by atoms with Crippen LogP contribution in [-0.4, -0.2) is 59.5 Å². The zero-order chi connectivity index (χ0) is 11.8. The Labute approximate surface area is 95.0 Å². The molecule has 0 aliphatic carbocycles. The Morgan fingerprint density at radius 3 is 2.50 bits per heavy atom. The molecule has 2 aliphatic heterocycles. The minimum absolute atomic E-state index is 0.213. The van der Waals surface area contributed by atoms with Gasteiger partial charge in [0.05, 0.1) is 0 Å². The summed E-state index contributed by atoms with van der Waals surface area (Å²) >= 11 is 0. The van der Waals surface area contributed by atoms with Gasteiger partial charge in [0, 0.05) is 38.3 Å². The second-order valence-electron chi connectivity index (χ2n) is 5.34. The highest BCUT2D eigenvalue weighted by atomic mass is 16.5. The Bertz CT molecular complexity index is 276. The van der Waals surface area contributed by atoms with E-state index < -0.39 is 11.6 Å². The third-order valence-corrected chi connectivity index (χ3v) is 3.66. The van der Waals surface area contributed by atoms with Gasteiger partial charge >= 0.3 is 5.97 Å². The van der Waals surface area contributed by atoms with Crippen molar-refractivity contribution in [2.24, 2.45) is 5.41 Å². The van der Waals surface area contributed by atoms with Gasteiger partial charge in [0.25, 0.3) is 0 Å². The lowest BCUT2D eigenvalue weighted by Crippen LogP contribution is -2.62. The highest BCUT2D eigenvalue weighted by Crippen LogP contribution is 2.40. The van der Waals surface area contributed by atoms with Gasteiger partial charge in [0.2, 0.25) is 0 Å². The summed E-state index contributed by atoms with van der Waals surface area (Å²) in [5.74, 6) is -1.15. The first-order chi connectivity index (χ1) is 7.44. The molecule has 1 unspecified atom stereocenters. The van der Waals surface area contributed by atoms with Gasteiger partial charge in [-0.25, -0.2) is 4.79 Å². The van der Waals surface area contributed by atoms with Gasteiger partial charge in [0.15, 0.2) is 5.60 Å². The quantitative estimate of drug-likeness (QED) is 0.709. The molecule has 1 spiro atoms. The van der Waals surface area contributed by atoms with Crippen molar-refractivity contribution < 1.29 is 19.7 Å². The van der Waals surface area contributed by atoms with Gasteiger partial charge in [0.1, 0.15) is 0 Å². The number of likely N-dealkylation sites (tertiary alicyclic amines) is 1. The summed E-state index contributed by atoms with van der Waals surface area (Å²) in [5, 5.41) is 18.5. The number of rotatable bonds is 3. The fourth-order valence-electron chi connectivity index (χ4n) is 2.64. The summed E-state index contributed by atoms with van der Waals surface area (Å²) < 4.78 is 5.31. The number of carboxylic acids is 1. The Morgan fingerprint density at radius 1 is 1.44 bits per heavy atom. The molecule has 0 aromatic rings. The Morgan fingerprint density at radius 2 is 2.00 bits per heavy atom. The minimum Gasteiger partial charge on any atom is -0.479 e. The van der Waals surface area contributed by atoms with E-state index in [1.165, 1.54) is 6.92 Å². The molecule has 2 heterocycles. The van der Waals surface area contributed by atoms with E-state index in [1.807, 2.05) is 4.90 Å². The minimum atomic E-state index is -1.63. The molecule has 16 heavy (non-hydrogen) atoms. The van der Waals surface area contributed by atoms with Gasteiger partial charge < -0.3 is 14.9 Å². The molecule has 2 saturated heterocycles. The first-order valence-corrected chi connectivity index (χ1v) is 5.70. The number of aliphatic carboxylic acids is 1. The lowest BCUT2D eigenvalue weighted by atomic mass is 9.73. The van der Waals surface area contributed by atoms with Crippen LogP contribution in [0, 0.1) is 5.41 Å². The van der Waals surface area contributed by atoms with Crippen LogP contribution in [0.2, 0.25) is 0 Å². The smallest absolute Gasteiger partial charge is 0.336 e. The molecule has 0 amide bonds. The van der Waals surface area contributed by atoms with Crippen molar-refractivity contribution in [1.29, 1.82) is 0 Å². The van der Waals surface area contributed by atoms with Crippen molar-refractivity contribution in [2.45, 2.75) is 25.4 Å². The second-order valence-corrected chi connectivity index (χ2v) is 5.34. The molecule has 0 radical (unpaired) electrons. The van der Waals surface area contributed by atoms with Crippen molar-refractivity contribution >= 4 is 5.97 Å². The van der Waals surface area contributed by atoms with Crippen LogP contribution in [0.1, 0.15) is 19.8 Å². The molecule has 1 atom stereocenters. The first kappa shape index (κ1) is 11.8. The molecule has 2 rings (SSSR count). The van der Waals surface area contributed by atoms with Crippen molar-refractivity contribution in [3.05, 3.63) is 0 Å². The molecule has 2 aliphatic rings. The van der Waals surface area contributed by atoms with E-state index in [0.29, 0.717) is 5.41 Å². The molecule has 0 aromatic carbocycles. The summed E-state index contributed by atoms with van der Waals surface area (Å²) in [7, 11) is 0. The molecular formula is C11H19NO4. The average Bonchev–Trinajstić information content (AvgIpc) is 2.16. The highest BCUT2D eigenvalue weighted by molar-refractivity contribution is 5.76. The van der Waals surface area contributed by atoms with E-state index in [1.54, 1.807) is 0 Å². The number of ether oxygens (including phenoxy) is 1. The molecule has 0 aromatic heterocycles. The van der Waals surface area contributed by atoms with Crippen LogP contribution in [0.25, 0.3) is 0 Å². The molecule has 2 N–H and O–H groups in total. The number of hydrogen-bond acceptors (Lipinski definition) is 4. The van der Waals surface area contributed by atoms with Crippen LogP contribution in [0.15, 0.2) is 0 Å². The maximum atomic E-state index is 10.8. The van der Waals surface area contributed by atoms with Crippen LogP contribution >= 0.6 is 0 Å². The van der Waals surface area contributed by atoms with Gasteiger partial charge in [-0.3, -0.25) is 4.90 Å². The number of nitrogens with zero attached hydrogens (tertiary/aromatic N) is 1. The predicted molar refractivity (Wildman–Crippen MR) is 57.2 cm³/mol. The topological polar surface area (TPSA) is 70.0 Å². The normalized spacial score (nSPS) is 28.4. The van der Waals surface area contributed by atoms with Crippen LogP contribution in [-0.2, 0) is 9.53 Å². The van der Waals surface area contributed by atoms with Crippen molar-refractivity contribution in [3.8, 4) is 0 Å². The van der Waals surface area contributed by atoms with Crippen LogP contribution in [0.5, 0.6) is 0 Å². The lowest BCUT2D eigenvalue weighted by Gasteiger charge is -2.53. The number of carboxylic acid groups (broad SMARTS) is 1. The molecule has 5 nitrogen and oxygen atoms in total. The number of β-amino-alcohol motifs (C(OH)–C–C–N with tert-alkyl or cyclic N) is 1. The fraction of sp³-hybridized carbons (Fsp3) is 0.909. The maximum Gasteiger partial charge on any atom is 0.336 e. The zero-order valence-corrected chi connectivity index (χ0v) is 9.61. The summed E-state index contributed by atoms with van der Waals surface area (Å²) in [6.07, 6.45) is 2.11. The molecule has 0 bridgehead atoms. The summed E-state index contributed by atoms with van der Waals surface area (Å²) in [4.78, 5) is 12.8. The van der Waals surface area contributed by atoms with E-state index in [4.69, 9.17) is 9.84 Å². The first-order valence-electron chi connectivity index (χ1n) is 5.70. The second kappa shape index (κ2) is 3.98. The molecule has 2 fully saturated rings. The SMILES string of the molecule is CC(O)(CN1CC2(CCOCC2)C1)C(=O)O. The molecule has 5 heteroatoms. The third kappa shape index (κ3) is 2.21. The van der Waals surface area contributed by atoms with Crippen molar-refractivity contribution in [1.82, 2.24) is 4.90 Å². The summed E-state index contributed by atoms with van der Waals surface area (Å²) in [6, 6.07) is 0. The number of aliphatic hydroxyl groups is 1. The van der Waals surface area contributed by atoms with E-state index in [-0.39, 0.29) is 6.54 Å². The van der Waals surface area contributed by atoms with Gasteiger partial charge in [-0.2, -0.15) is 0 Å². The van der Waals surface area contributed by atoms with Crippen LogP contribution in [0.3, 0.4) is 0 Å². The highest BCUT2D eigenvalue weighted by Gasteiger charge is 2.46. The maximum absolute atomic E-state index is 10.8. The van der Waals surface area contributed by atoms with Gasteiger partial charge in [-0.15, -0.1) is 0 Å². The molecule has 0 saturated carbocycles. The van der Waals surface area contributed by atoms with E-state index in [0.717, 1.165) is 39.1 Å². The van der Waals surface area contributed by atoms with Gasteiger partial charge in [-0.1, -0.05) is 0 Å². The van der Waals surface area contributed by atoms with Crippen molar-refractivity contribution in [3.63, 3.8) is 0 Å².